The third kappa shape index (κ3) is 3.56. The SMILES string of the molecule is CN(C)c1nccc(-c2c(-c3ccc(F)cc3)ncn2C2CCCCC2)n1. The second kappa shape index (κ2) is 7.47. The van der Waals surface area contributed by atoms with Gasteiger partial charge in [-0.1, -0.05) is 19.3 Å². The Hall–Kier alpha value is -2.76. The van der Waals surface area contributed by atoms with Crippen molar-refractivity contribution in [3.05, 3.63) is 48.7 Å². The van der Waals surface area contributed by atoms with E-state index in [0.29, 0.717) is 12.0 Å². The minimum absolute atomic E-state index is 0.246. The maximum Gasteiger partial charge on any atom is 0.225 e. The highest BCUT2D eigenvalue weighted by molar-refractivity contribution is 5.77. The number of nitrogens with zero attached hydrogens (tertiary/aromatic N) is 5. The van der Waals surface area contributed by atoms with Gasteiger partial charge in [0.15, 0.2) is 0 Å². The molecule has 2 heterocycles. The van der Waals surface area contributed by atoms with Crippen molar-refractivity contribution in [1.82, 2.24) is 19.5 Å². The molecular formula is C21H24FN5. The standard InChI is InChI=1S/C21H24FN5/c1-26(2)21-23-13-12-18(25-21)20-19(15-8-10-16(22)11-9-15)24-14-27(20)17-6-4-3-5-7-17/h8-14,17H,3-7H2,1-2H3. The van der Waals surface area contributed by atoms with E-state index in [0.717, 1.165) is 35.5 Å². The summed E-state index contributed by atoms with van der Waals surface area (Å²) in [6.45, 7) is 0. The van der Waals surface area contributed by atoms with Crippen molar-refractivity contribution in [2.75, 3.05) is 19.0 Å². The molecule has 0 spiro atoms. The molecule has 1 saturated carbocycles. The maximum absolute atomic E-state index is 13.4. The van der Waals surface area contributed by atoms with Crippen LogP contribution in [0, 0.1) is 5.82 Å². The first-order chi connectivity index (χ1) is 13.1. The summed E-state index contributed by atoms with van der Waals surface area (Å²) in [5, 5.41) is 0. The number of hydrogen-bond donors (Lipinski definition) is 0. The summed E-state index contributed by atoms with van der Waals surface area (Å²) in [5.74, 6) is 0.415. The van der Waals surface area contributed by atoms with Gasteiger partial charge >= 0.3 is 0 Å². The van der Waals surface area contributed by atoms with Gasteiger partial charge in [-0.3, -0.25) is 0 Å². The van der Waals surface area contributed by atoms with Gasteiger partial charge in [-0.25, -0.2) is 19.3 Å². The Morgan fingerprint density at radius 3 is 2.44 bits per heavy atom. The number of benzene rings is 1. The van der Waals surface area contributed by atoms with Crippen molar-refractivity contribution in [2.45, 2.75) is 38.1 Å². The number of hydrogen-bond acceptors (Lipinski definition) is 4. The van der Waals surface area contributed by atoms with E-state index in [1.165, 1.54) is 31.4 Å². The van der Waals surface area contributed by atoms with Crippen LogP contribution in [0.4, 0.5) is 10.3 Å². The van der Waals surface area contributed by atoms with E-state index in [1.54, 1.807) is 18.3 Å². The summed E-state index contributed by atoms with van der Waals surface area (Å²) in [6.07, 6.45) is 9.77. The Balaban J connectivity index is 1.86. The van der Waals surface area contributed by atoms with Crippen LogP contribution in [-0.2, 0) is 0 Å². The third-order valence-corrected chi connectivity index (χ3v) is 5.16. The molecule has 0 N–H and O–H groups in total. The quantitative estimate of drug-likeness (QED) is 0.671. The summed E-state index contributed by atoms with van der Waals surface area (Å²) in [4.78, 5) is 15.7. The molecule has 4 rings (SSSR count). The Morgan fingerprint density at radius 2 is 1.74 bits per heavy atom. The molecular weight excluding hydrogens is 341 g/mol. The van der Waals surface area contributed by atoms with Crippen molar-refractivity contribution >= 4 is 5.95 Å². The molecule has 2 aromatic heterocycles. The van der Waals surface area contributed by atoms with Gasteiger partial charge in [0, 0.05) is 31.9 Å². The van der Waals surface area contributed by atoms with E-state index in [4.69, 9.17) is 9.97 Å². The molecule has 0 saturated heterocycles. The zero-order chi connectivity index (χ0) is 18.8. The molecule has 0 aliphatic heterocycles. The maximum atomic E-state index is 13.4. The fourth-order valence-corrected chi connectivity index (χ4v) is 3.77. The van der Waals surface area contributed by atoms with E-state index in [1.807, 2.05) is 31.4 Å². The lowest BCUT2D eigenvalue weighted by Crippen LogP contribution is -2.15. The molecule has 3 aromatic rings. The second-order valence-corrected chi connectivity index (χ2v) is 7.28. The van der Waals surface area contributed by atoms with Crippen LogP contribution < -0.4 is 4.90 Å². The molecule has 1 aliphatic carbocycles. The molecule has 1 fully saturated rings. The Morgan fingerprint density at radius 1 is 1.00 bits per heavy atom. The van der Waals surface area contributed by atoms with Gasteiger partial charge in [-0.05, 0) is 43.2 Å². The van der Waals surface area contributed by atoms with E-state index in [9.17, 15) is 4.39 Å². The largest absolute Gasteiger partial charge is 0.347 e. The van der Waals surface area contributed by atoms with Gasteiger partial charge < -0.3 is 9.47 Å². The first-order valence-electron chi connectivity index (χ1n) is 9.47. The number of imidazole rings is 1. The lowest BCUT2D eigenvalue weighted by Gasteiger charge is -2.25. The molecule has 0 radical (unpaired) electrons. The normalized spacial score (nSPS) is 15.1. The van der Waals surface area contributed by atoms with Gasteiger partial charge in [0.1, 0.15) is 5.82 Å². The highest BCUT2D eigenvalue weighted by atomic mass is 19.1. The van der Waals surface area contributed by atoms with Gasteiger partial charge in [0.05, 0.1) is 23.4 Å². The van der Waals surface area contributed by atoms with Crippen LogP contribution >= 0.6 is 0 Å². The zero-order valence-corrected chi connectivity index (χ0v) is 15.8. The Kier molecular flexibility index (Phi) is 4.88. The fraction of sp³-hybridized carbons (Fsp3) is 0.381. The van der Waals surface area contributed by atoms with Crippen LogP contribution in [0.15, 0.2) is 42.9 Å². The highest BCUT2D eigenvalue weighted by Crippen LogP contribution is 2.37. The van der Waals surface area contributed by atoms with Gasteiger partial charge in [0.2, 0.25) is 5.95 Å². The number of halogens is 1. The molecule has 140 valence electrons. The molecule has 6 heteroatoms. The smallest absolute Gasteiger partial charge is 0.225 e. The minimum Gasteiger partial charge on any atom is -0.347 e. The lowest BCUT2D eigenvalue weighted by molar-refractivity contribution is 0.355. The Labute approximate surface area is 158 Å². The van der Waals surface area contributed by atoms with Crippen LogP contribution in [0.25, 0.3) is 22.6 Å². The van der Waals surface area contributed by atoms with Crippen molar-refractivity contribution in [3.8, 4) is 22.6 Å². The van der Waals surface area contributed by atoms with E-state index >= 15 is 0 Å². The number of rotatable bonds is 4. The van der Waals surface area contributed by atoms with Crippen LogP contribution in [0.3, 0.4) is 0 Å². The van der Waals surface area contributed by atoms with Crippen molar-refractivity contribution in [3.63, 3.8) is 0 Å². The summed E-state index contributed by atoms with van der Waals surface area (Å²) < 4.78 is 15.7. The first kappa shape index (κ1) is 17.6. The lowest BCUT2D eigenvalue weighted by atomic mass is 9.95. The van der Waals surface area contributed by atoms with Crippen LogP contribution in [-0.4, -0.2) is 33.6 Å². The molecule has 5 nitrogen and oxygen atoms in total. The monoisotopic (exact) mass is 365 g/mol. The highest BCUT2D eigenvalue weighted by Gasteiger charge is 2.23. The minimum atomic E-state index is -0.246. The predicted octanol–water partition coefficient (Wildman–Crippen LogP) is 4.72. The topological polar surface area (TPSA) is 46.8 Å². The average Bonchev–Trinajstić information content (AvgIpc) is 3.14. The van der Waals surface area contributed by atoms with Gasteiger partial charge in [-0.2, -0.15) is 0 Å². The molecule has 1 aromatic carbocycles. The Bertz CT molecular complexity index is 911. The van der Waals surface area contributed by atoms with Crippen molar-refractivity contribution in [2.24, 2.45) is 0 Å². The summed E-state index contributed by atoms with van der Waals surface area (Å²) >= 11 is 0. The molecule has 27 heavy (non-hydrogen) atoms. The van der Waals surface area contributed by atoms with Crippen molar-refractivity contribution < 1.29 is 4.39 Å². The molecule has 0 atom stereocenters. The fourth-order valence-electron chi connectivity index (χ4n) is 3.77. The van der Waals surface area contributed by atoms with Crippen LogP contribution in [0.5, 0.6) is 0 Å². The molecule has 0 bridgehead atoms. The van der Waals surface area contributed by atoms with E-state index in [2.05, 4.69) is 9.55 Å². The predicted molar refractivity (Wildman–Crippen MR) is 105 cm³/mol. The van der Waals surface area contributed by atoms with E-state index in [-0.39, 0.29) is 5.82 Å². The summed E-state index contributed by atoms with van der Waals surface area (Å²) in [5.41, 5.74) is 3.56. The van der Waals surface area contributed by atoms with Crippen LogP contribution in [0.1, 0.15) is 38.1 Å². The van der Waals surface area contributed by atoms with Crippen LogP contribution in [0.2, 0.25) is 0 Å². The summed E-state index contributed by atoms with van der Waals surface area (Å²) in [7, 11) is 3.86. The molecule has 0 amide bonds. The second-order valence-electron chi connectivity index (χ2n) is 7.28. The van der Waals surface area contributed by atoms with Gasteiger partial charge in [0.25, 0.3) is 0 Å². The molecule has 0 unspecified atom stereocenters. The molecule has 1 aliphatic rings. The number of aromatic nitrogens is 4. The number of anilines is 1. The first-order valence-corrected chi connectivity index (χ1v) is 9.47. The summed E-state index contributed by atoms with van der Waals surface area (Å²) in [6, 6.07) is 8.86. The third-order valence-electron chi connectivity index (χ3n) is 5.16. The van der Waals surface area contributed by atoms with E-state index < -0.39 is 0 Å². The van der Waals surface area contributed by atoms with Gasteiger partial charge in [-0.15, -0.1) is 0 Å². The zero-order valence-electron chi connectivity index (χ0n) is 15.8. The average molecular weight is 365 g/mol. The van der Waals surface area contributed by atoms with Crippen molar-refractivity contribution in [1.29, 1.82) is 0 Å².